The first-order chi connectivity index (χ1) is 7.33. The number of benzene rings is 1. The Morgan fingerprint density at radius 2 is 2.07 bits per heavy atom. The number of aromatic nitrogens is 2. The summed E-state index contributed by atoms with van der Waals surface area (Å²) in [6.45, 7) is 2.66. The summed E-state index contributed by atoms with van der Waals surface area (Å²) < 4.78 is 7.42. The van der Waals surface area contributed by atoms with Crippen LogP contribution in [-0.2, 0) is 7.05 Å². The van der Waals surface area contributed by atoms with Gasteiger partial charge in [0.25, 0.3) is 0 Å². The number of ether oxygens (including phenoxy) is 1. The zero-order chi connectivity index (χ0) is 10.7. The highest BCUT2D eigenvalue weighted by Crippen LogP contribution is 2.28. The lowest BCUT2D eigenvalue weighted by Crippen LogP contribution is -1.97. The molecule has 0 fully saturated rings. The Balaban J connectivity index is 2.48. The van der Waals surface area contributed by atoms with Gasteiger partial charge in [0.15, 0.2) is 0 Å². The quantitative estimate of drug-likeness (QED) is 0.764. The van der Waals surface area contributed by atoms with Crippen LogP contribution in [0.5, 0.6) is 5.75 Å². The molecule has 1 aromatic carbocycles. The van der Waals surface area contributed by atoms with E-state index in [1.165, 1.54) is 0 Å². The summed E-state index contributed by atoms with van der Waals surface area (Å²) in [6, 6.07) is 9.99. The van der Waals surface area contributed by atoms with E-state index in [9.17, 15) is 0 Å². The molecule has 78 valence electrons. The molecule has 15 heavy (non-hydrogen) atoms. The van der Waals surface area contributed by atoms with Gasteiger partial charge in [0.05, 0.1) is 12.3 Å². The van der Waals surface area contributed by atoms with E-state index < -0.39 is 0 Å². The average Bonchev–Trinajstić information content (AvgIpc) is 2.66. The number of hydrogen-bond acceptors (Lipinski definition) is 2. The van der Waals surface area contributed by atoms with Gasteiger partial charge in [0.2, 0.25) is 0 Å². The SMILES string of the molecule is CCOc1ccccc1-c1ccnn1C. The van der Waals surface area contributed by atoms with Crippen molar-refractivity contribution in [3.63, 3.8) is 0 Å². The van der Waals surface area contributed by atoms with Crippen LogP contribution in [0, 0.1) is 0 Å². The van der Waals surface area contributed by atoms with E-state index in [1.54, 1.807) is 6.20 Å². The van der Waals surface area contributed by atoms with Gasteiger partial charge >= 0.3 is 0 Å². The first-order valence-corrected chi connectivity index (χ1v) is 5.03. The first-order valence-electron chi connectivity index (χ1n) is 5.03. The molecule has 0 amide bonds. The smallest absolute Gasteiger partial charge is 0.128 e. The Labute approximate surface area is 89.3 Å². The van der Waals surface area contributed by atoms with Crippen molar-refractivity contribution in [1.82, 2.24) is 9.78 Å². The molecule has 0 spiro atoms. The Morgan fingerprint density at radius 3 is 2.73 bits per heavy atom. The molecule has 0 saturated carbocycles. The third kappa shape index (κ3) is 1.86. The van der Waals surface area contributed by atoms with E-state index in [-0.39, 0.29) is 0 Å². The third-order valence-electron chi connectivity index (χ3n) is 2.28. The van der Waals surface area contributed by atoms with Gasteiger partial charge in [-0.25, -0.2) is 0 Å². The second kappa shape index (κ2) is 4.17. The molecule has 2 aromatic rings. The normalized spacial score (nSPS) is 10.3. The number of nitrogens with zero attached hydrogens (tertiary/aromatic N) is 2. The van der Waals surface area contributed by atoms with Crippen molar-refractivity contribution < 1.29 is 4.74 Å². The molecular weight excluding hydrogens is 188 g/mol. The van der Waals surface area contributed by atoms with Crippen molar-refractivity contribution >= 4 is 0 Å². The third-order valence-corrected chi connectivity index (χ3v) is 2.28. The molecule has 0 unspecified atom stereocenters. The molecule has 0 saturated heterocycles. The largest absolute Gasteiger partial charge is 0.493 e. The Kier molecular flexibility index (Phi) is 2.72. The van der Waals surface area contributed by atoms with Crippen LogP contribution >= 0.6 is 0 Å². The van der Waals surface area contributed by atoms with Gasteiger partial charge in [-0.2, -0.15) is 5.10 Å². The second-order valence-corrected chi connectivity index (χ2v) is 3.27. The highest BCUT2D eigenvalue weighted by Gasteiger charge is 2.07. The van der Waals surface area contributed by atoms with Crippen LogP contribution in [0.15, 0.2) is 36.5 Å². The van der Waals surface area contributed by atoms with Crippen molar-refractivity contribution in [3.05, 3.63) is 36.5 Å². The van der Waals surface area contributed by atoms with E-state index in [4.69, 9.17) is 4.74 Å². The summed E-state index contributed by atoms with van der Waals surface area (Å²) in [7, 11) is 1.93. The standard InChI is InChI=1S/C12H14N2O/c1-3-15-12-7-5-4-6-10(12)11-8-9-13-14(11)2/h4-9H,3H2,1-2H3. The summed E-state index contributed by atoms with van der Waals surface area (Å²) in [5.74, 6) is 0.906. The molecule has 2 rings (SSSR count). The summed E-state index contributed by atoms with van der Waals surface area (Å²) in [4.78, 5) is 0. The highest BCUT2D eigenvalue weighted by atomic mass is 16.5. The lowest BCUT2D eigenvalue weighted by molar-refractivity contribution is 0.341. The molecule has 0 aliphatic heterocycles. The lowest BCUT2D eigenvalue weighted by atomic mass is 10.1. The van der Waals surface area contributed by atoms with Crippen molar-refractivity contribution in [2.45, 2.75) is 6.92 Å². The van der Waals surface area contributed by atoms with E-state index in [2.05, 4.69) is 5.10 Å². The zero-order valence-electron chi connectivity index (χ0n) is 8.97. The fraction of sp³-hybridized carbons (Fsp3) is 0.250. The van der Waals surface area contributed by atoms with Crippen molar-refractivity contribution in [2.75, 3.05) is 6.61 Å². The maximum absolute atomic E-state index is 5.57. The van der Waals surface area contributed by atoms with Crippen LogP contribution in [0.25, 0.3) is 11.3 Å². The fourth-order valence-electron chi connectivity index (χ4n) is 1.60. The summed E-state index contributed by atoms with van der Waals surface area (Å²) in [5, 5.41) is 4.16. The Hall–Kier alpha value is -1.77. The summed E-state index contributed by atoms with van der Waals surface area (Å²) >= 11 is 0. The molecule has 3 heteroatoms. The zero-order valence-corrected chi connectivity index (χ0v) is 8.97. The number of hydrogen-bond donors (Lipinski definition) is 0. The first kappa shape index (κ1) is 9.77. The van der Waals surface area contributed by atoms with Gasteiger partial charge in [-0.05, 0) is 25.1 Å². The van der Waals surface area contributed by atoms with E-state index >= 15 is 0 Å². The van der Waals surface area contributed by atoms with Crippen LogP contribution < -0.4 is 4.74 Å². The molecular formula is C12H14N2O. The lowest BCUT2D eigenvalue weighted by Gasteiger charge is -2.09. The van der Waals surface area contributed by atoms with Gasteiger partial charge < -0.3 is 4.74 Å². The van der Waals surface area contributed by atoms with Gasteiger partial charge in [0, 0.05) is 18.8 Å². The molecule has 0 bridgehead atoms. The monoisotopic (exact) mass is 202 g/mol. The van der Waals surface area contributed by atoms with Gasteiger partial charge in [-0.3, -0.25) is 4.68 Å². The minimum Gasteiger partial charge on any atom is -0.493 e. The molecule has 1 heterocycles. The van der Waals surface area contributed by atoms with E-state index in [1.807, 2.05) is 49.0 Å². The summed E-state index contributed by atoms with van der Waals surface area (Å²) in [5.41, 5.74) is 2.15. The van der Waals surface area contributed by atoms with Crippen LogP contribution in [0.4, 0.5) is 0 Å². The second-order valence-electron chi connectivity index (χ2n) is 3.27. The van der Waals surface area contributed by atoms with Crippen LogP contribution in [-0.4, -0.2) is 16.4 Å². The Bertz CT molecular complexity index is 448. The maximum Gasteiger partial charge on any atom is 0.128 e. The highest BCUT2D eigenvalue weighted by molar-refractivity contribution is 5.67. The van der Waals surface area contributed by atoms with E-state index in [0.717, 1.165) is 17.0 Å². The van der Waals surface area contributed by atoms with Gasteiger partial charge in [-0.1, -0.05) is 12.1 Å². The molecule has 0 radical (unpaired) electrons. The maximum atomic E-state index is 5.57. The molecule has 0 aliphatic rings. The minimum atomic E-state index is 0.675. The summed E-state index contributed by atoms with van der Waals surface area (Å²) in [6.07, 6.45) is 1.79. The molecule has 0 aliphatic carbocycles. The topological polar surface area (TPSA) is 27.1 Å². The minimum absolute atomic E-state index is 0.675. The van der Waals surface area contributed by atoms with Crippen molar-refractivity contribution in [3.8, 4) is 17.0 Å². The van der Waals surface area contributed by atoms with Crippen LogP contribution in [0.3, 0.4) is 0 Å². The fourth-order valence-corrected chi connectivity index (χ4v) is 1.60. The van der Waals surface area contributed by atoms with Crippen LogP contribution in [0.1, 0.15) is 6.92 Å². The van der Waals surface area contributed by atoms with Crippen LogP contribution in [0.2, 0.25) is 0 Å². The molecule has 0 atom stereocenters. The molecule has 0 N–H and O–H groups in total. The van der Waals surface area contributed by atoms with Crippen molar-refractivity contribution in [1.29, 1.82) is 0 Å². The predicted octanol–water partition coefficient (Wildman–Crippen LogP) is 2.49. The van der Waals surface area contributed by atoms with Gasteiger partial charge in [-0.15, -0.1) is 0 Å². The van der Waals surface area contributed by atoms with Crippen molar-refractivity contribution in [2.24, 2.45) is 7.05 Å². The van der Waals surface area contributed by atoms with Gasteiger partial charge in [0.1, 0.15) is 5.75 Å². The Morgan fingerprint density at radius 1 is 1.27 bits per heavy atom. The predicted molar refractivity (Wildman–Crippen MR) is 59.8 cm³/mol. The molecule has 1 aromatic heterocycles. The number of rotatable bonds is 3. The number of para-hydroxylation sites is 1. The average molecular weight is 202 g/mol. The van der Waals surface area contributed by atoms with E-state index in [0.29, 0.717) is 6.61 Å². The molecule has 3 nitrogen and oxygen atoms in total. The number of aryl methyl sites for hydroxylation is 1.